The first-order chi connectivity index (χ1) is 6.18. The molecule has 1 aromatic rings. The molecule has 0 heterocycles. The van der Waals surface area contributed by atoms with Crippen LogP contribution in [0.1, 0.15) is 12.0 Å². The lowest BCUT2D eigenvalue weighted by Gasteiger charge is -1.92. The fraction of sp³-hybridized carbons (Fsp3) is 0.100. The Kier molecular flexibility index (Phi) is 3.09. The SMILES string of the molecule is O=C(O)CC=Cc1ccc(O)cc1. The fourth-order valence-corrected chi connectivity index (χ4v) is 0.881. The molecule has 0 unspecified atom stereocenters. The van der Waals surface area contributed by atoms with Crippen LogP contribution < -0.4 is 0 Å². The van der Waals surface area contributed by atoms with Crippen molar-refractivity contribution in [2.24, 2.45) is 0 Å². The van der Waals surface area contributed by atoms with E-state index in [-0.39, 0.29) is 12.2 Å². The van der Waals surface area contributed by atoms with Crippen LogP contribution >= 0.6 is 0 Å². The van der Waals surface area contributed by atoms with E-state index in [0.717, 1.165) is 5.56 Å². The number of carboxylic acids is 1. The molecule has 1 rings (SSSR count). The second kappa shape index (κ2) is 4.30. The van der Waals surface area contributed by atoms with Crippen LogP contribution in [0.4, 0.5) is 0 Å². The van der Waals surface area contributed by atoms with Crippen molar-refractivity contribution in [1.82, 2.24) is 0 Å². The standard InChI is InChI=1S/C10H10O3/c11-9-6-4-8(5-7-9)2-1-3-10(12)13/h1-2,4-7,11H,3H2,(H,12,13). The van der Waals surface area contributed by atoms with Crippen molar-refractivity contribution in [3.8, 4) is 5.75 Å². The number of phenols is 1. The van der Waals surface area contributed by atoms with Crippen LogP contribution in [-0.2, 0) is 4.79 Å². The van der Waals surface area contributed by atoms with Crippen LogP contribution in [0.2, 0.25) is 0 Å². The maximum absolute atomic E-state index is 10.2. The van der Waals surface area contributed by atoms with E-state index < -0.39 is 5.97 Å². The number of carboxylic acid groups (broad SMARTS) is 1. The van der Waals surface area contributed by atoms with Gasteiger partial charge in [0, 0.05) is 0 Å². The smallest absolute Gasteiger partial charge is 0.307 e. The van der Waals surface area contributed by atoms with Gasteiger partial charge in [0.2, 0.25) is 0 Å². The first kappa shape index (κ1) is 9.32. The van der Waals surface area contributed by atoms with E-state index in [4.69, 9.17) is 10.2 Å². The minimum atomic E-state index is -0.852. The fourth-order valence-electron chi connectivity index (χ4n) is 0.881. The summed E-state index contributed by atoms with van der Waals surface area (Å²) >= 11 is 0. The largest absolute Gasteiger partial charge is 0.508 e. The molecule has 0 aliphatic heterocycles. The maximum atomic E-state index is 10.2. The van der Waals surface area contributed by atoms with Gasteiger partial charge in [-0.3, -0.25) is 4.79 Å². The Bertz CT molecular complexity index is 311. The van der Waals surface area contributed by atoms with Crippen molar-refractivity contribution >= 4 is 12.0 Å². The number of aromatic hydroxyl groups is 1. The molecule has 0 atom stereocenters. The number of rotatable bonds is 3. The average molecular weight is 178 g/mol. The van der Waals surface area contributed by atoms with Gasteiger partial charge in [0.05, 0.1) is 6.42 Å². The summed E-state index contributed by atoms with van der Waals surface area (Å²) in [5, 5.41) is 17.3. The summed E-state index contributed by atoms with van der Waals surface area (Å²) in [4.78, 5) is 10.2. The zero-order valence-corrected chi connectivity index (χ0v) is 6.97. The third kappa shape index (κ3) is 3.42. The first-order valence-corrected chi connectivity index (χ1v) is 3.86. The molecule has 0 aliphatic rings. The van der Waals surface area contributed by atoms with Gasteiger partial charge < -0.3 is 10.2 Å². The lowest BCUT2D eigenvalue weighted by molar-refractivity contribution is -0.135. The van der Waals surface area contributed by atoms with Gasteiger partial charge >= 0.3 is 5.97 Å². The molecule has 0 saturated heterocycles. The van der Waals surface area contributed by atoms with Crippen LogP contribution in [-0.4, -0.2) is 16.2 Å². The Hall–Kier alpha value is -1.77. The zero-order chi connectivity index (χ0) is 9.68. The average Bonchev–Trinajstić information content (AvgIpc) is 2.08. The van der Waals surface area contributed by atoms with E-state index in [9.17, 15) is 4.79 Å². The number of hydrogen-bond donors (Lipinski definition) is 2. The second-order valence-electron chi connectivity index (χ2n) is 2.59. The summed E-state index contributed by atoms with van der Waals surface area (Å²) < 4.78 is 0. The molecule has 0 saturated carbocycles. The predicted octanol–water partition coefficient (Wildman–Crippen LogP) is 1.88. The molecule has 68 valence electrons. The Morgan fingerprint density at radius 1 is 1.31 bits per heavy atom. The van der Waals surface area contributed by atoms with Gasteiger partial charge in [0.15, 0.2) is 0 Å². The Morgan fingerprint density at radius 3 is 2.46 bits per heavy atom. The van der Waals surface area contributed by atoms with Crippen molar-refractivity contribution in [1.29, 1.82) is 0 Å². The zero-order valence-electron chi connectivity index (χ0n) is 6.97. The third-order valence-electron chi connectivity index (χ3n) is 1.50. The second-order valence-corrected chi connectivity index (χ2v) is 2.59. The van der Waals surface area contributed by atoms with Gasteiger partial charge in [-0.1, -0.05) is 24.3 Å². The summed E-state index contributed by atoms with van der Waals surface area (Å²) in [6.45, 7) is 0. The minimum Gasteiger partial charge on any atom is -0.508 e. The molecule has 0 spiro atoms. The molecule has 0 aliphatic carbocycles. The molecular weight excluding hydrogens is 168 g/mol. The molecule has 2 N–H and O–H groups in total. The molecule has 3 nitrogen and oxygen atoms in total. The number of phenolic OH excluding ortho intramolecular Hbond substituents is 1. The number of carbonyl (C=O) groups is 1. The molecule has 0 bridgehead atoms. The van der Waals surface area contributed by atoms with Crippen LogP contribution in [0.15, 0.2) is 30.3 Å². The number of hydrogen-bond acceptors (Lipinski definition) is 2. The highest BCUT2D eigenvalue weighted by Gasteiger charge is 1.90. The predicted molar refractivity (Wildman–Crippen MR) is 49.4 cm³/mol. The van der Waals surface area contributed by atoms with Crippen molar-refractivity contribution in [2.75, 3.05) is 0 Å². The van der Waals surface area contributed by atoms with E-state index >= 15 is 0 Å². The number of aliphatic carboxylic acids is 1. The molecule has 13 heavy (non-hydrogen) atoms. The van der Waals surface area contributed by atoms with Crippen molar-refractivity contribution in [3.63, 3.8) is 0 Å². The third-order valence-corrected chi connectivity index (χ3v) is 1.50. The maximum Gasteiger partial charge on any atom is 0.307 e. The molecular formula is C10H10O3. The van der Waals surface area contributed by atoms with Crippen molar-refractivity contribution < 1.29 is 15.0 Å². The van der Waals surface area contributed by atoms with E-state index in [0.29, 0.717) is 0 Å². The molecule has 3 heteroatoms. The molecule has 0 radical (unpaired) electrons. The molecule has 1 aromatic carbocycles. The van der Waals surface area contributed by atoms with Crippen LogP contribution in [0.25, 0.3) is 6.08 Å². The normalized spacial score (nSPS) is 10.5. The van der Waals surface area contributed by atoms with Gasteiger partial charge in [0.1, 0.15) is 5.75 Å². The van der Waals surface area contributed by atoms with Gasteiger partial charge in [0.25, 0.3) is 0 Å². The van der Waals surface area contributed by atoms with E-state index in [1.54, 1.807) is 36.4 Å². The summed E-state index contributed by atoms with van der Waals surface area (Å²) in [5.41, 5.74) is 0.874. The topological polar surface area (TPSA) is 57.5 Å². The van der Waals surface area contributed by atoms with E-state index in [1.165, 1.54) is 0 Å². The Balaban J connectivity index is 2.59. The number of benzene rings is 1. The highest BCUT2D eigenvalue weighted by Crippen LogP contribution is 2.10. The first-order valence-electron chi connectivity index (χ1n) is 3.86. The van der Waals surface area contributed by atoms with Crippen molar-refractivity contribution in [3.05, 3.63) is 35.9 Å². The van der Waals surface area contributed by atoms with Gasteiger partial charge in [-0.05, 0) is 17.7 Å². The highest BCUT2D eigenvalue weighted by atomic mass is 16.4. The summed E-state index contributed by atoms with van der Waals surface area (Å²) in [6.07, 6.45) is 3.28. The lowest BCUT2D eigenvalue weighted by atomic mass is 10.2. The van der Waals surface area contributed by atoms with Crippen LogP contribution in [0, 0.1) is 0 Å². The Morgan fingerprint density at radius 2 is 1.92 bits per heavy atom. The highest BCUT2D eigenvalue weighted by molar-refractivity contribution is 5.70. The van der Waals surface area contributed by atoms with Crippen LogP contribution in [0.5, 0.6) is 5.75 Å². The van der Waals surface area contributed by atoms with Crippen LogP contribution in [0.3, 0.4) is 0 Å². The molecule has 0 fully saturated rings. The quantitative estimate of drug-likeness (QED) is 0.742. The van der Waals surface area contributed by atoms with Gasteiger partial charge in [-0.2, -0.15) is 0 Å². The summed E-state index contributed by atoms with van der Waals surface area (Å²) in [7, 11) is 0. The minimum absolute atomic E-state index is 0.0148. The molecule has 0 amide bonds. The Labute approximate surface area is 76.0 Å². The summed E-state index contributed by atoms with van der Waals surface area (Å²) in [5.74, 6) is -0.648. The lowest BCUT2D eigenvalue weighted by Crippen LogP contribution is -1.89. The van der Waals surface area contributed by atoms with Gasteiger partial charge in [-0.25, -0.2) is 0 Å². The van der Waals surface area contributed by atoms with Crippen molar-refractivity contribution in [2.45, 2.75) is 6.42 Å². The van der Waals surface area contributed by atoms with E-state index in [1.807, 2.05) is 0 Å². The van der Waals surface area contributed by atoms with E-state index in [2.05, 4.69) is 0 Å². The molecule has 0 aromatic heterocycles. The monoisotopic (exact) mass is 178 g/mol. The van der Waals surface area contributed by atoms with Gasteiger partial charge in [-0.15, -0.1) is 0 Å². The summed E-state index contributed by atoms with van der Waals surface area (Å²) in [6, 6.07) is 6.54.